The van der Waals surface area contributed by atoms with Crippen molar-refractivity contribution in [2.24, 2.45) is 0 Å². The molecule has 1 atom stereocenters. The highest BCUT2D eigenvalue weighted by molar-refractivity contribution is 9.10. The first-order valence-electron chi connectivity index (χ1n) is 6.24. The van der Waals surface area contributed by atoms with Gasteiger partial charge in [-0.25, -0.2) is 4.98 Å². The number of nitriles is 1. The molecule has 0 aromatic carbocycles. The second-order valence-electron chi connectivity index (χ2n) is 4.37. The molecule has 1 aromatic heterocycles. The van der Waals surface area contributed by atoms with Crippen molar-refractivity contribution in [2.45, 2.75) is 18.9 Å². The highest BCUT2D eigenvalue weighted by Crippen LogP contribution is 2.14. The van der Waals surface area contributed by atoms with Crippen LogP contribution in [0.5, 0.6) is 0 Å². The predicted octanol–water partition coefficient (Wildman–Crippen LogP) is 1.85. The third kappa shape index (κ3) is 4.56. The van der Waals surface area contributed by atoms with Gasteiger partial charge in [-0.2, -0.15) is 5.26 Å². The Labute approximate surface area is 125 Å². The van der Waals surface area contributed by atoms with Crippen LogP contribution in [0.25, 0.3) is 0 Å². The number of amides is 1. The van der Waals surface area contributed by atoms with Crippen molar-refractivity contribution in [1.82, 2.24) is 4.98 Å². The van der Waals surface area contributed by atoms with Crippen LogP contribution in [0, 0.1) is 11.3 Å². The van der Waals surface area contributed by atoms with Gasteiger partial charge in [0.2, 0.25) is 0 Å². The van der Waals surface area contributed by atoms with E-state index in [1.807, 2.05) is 6.07 Å². The first kappa shape index (κ1) is 14.9. The summed E-state index contributed by atoms with van der Waals surface area (Å²) in [5.74, 6) is 0.0131. The zero-order valence-electron chi connectivity index (χ0n) is 10.8. The third-order valence-electron chi connectivity index (χ3n) is 2.75. The van der Waals surface area contributed by atoms with E-state index in [-0.39, 0.29) is 18.6 Å². The maximum atomic E-state index is 11.7. The Morgan fingerprint density at radius 2 is 2.50 bits per heavy atom. The molecule has 1 amide bonds. The number of anilines is 1. The molecule has 0 radical (unpaired) electrons. The van der Waals surface area contributed by atoms with Gasteiger partial charge in [0, 0.05) is 6.61 Å². The van der Waals surface area contributed by atoms with E-state index in [1.54, 1.807) is 6.07 Å². The lowest BCUT2D eigenvalue weighted by Crippen LogP contribution is -2.23. The monoisotopic (exact) mass is 339 g/mol. The minimum Gasteiger partial charge on any atom is -0.376 e. The summed E-state index contributed by atoms with van der Waals surface area (Å²) >= 11 is 3.18. The minimum atomic E-state index is -0.308. The first-order valence-corrected chi connectivity index (χ1v) is 7.03. The van der Waals surface area contributed by atoms with Crippen LogP contribution >= 0.6 is 15.9 Å². The van der Waals surface area contributed by atoms with Gasteiger partial charge < -0.3 is 14.8 Å². The standard InChI is InChI=1S/C13H14BrN3O3/c14-11-4-9(6-15)5-12(16-11)17-13(18)8-19-7-10-2-1-3-20-10/h4-5,10H,1-3,7-8H2,(H,16,17,18). The van der Waals surface area contributed by atoms with E-state index < -0.39 is 0 Å². The van der Waals surface area contributed by atoms with Crippen molar-refractivity contribution in [3.63, 3.8) is 0 Å². The molecule has 0 spiro atoms. The van der Waals surface area contributed by atoms with E-state index in [9.17, 15) is 4.79 Å². The van der Waals surface area contributed by atoms with Crippen LogP contribution in [0.15, 0.2) is 16.7 Å². The number of hydrogen-bond acceptors (Lipinski definition) is 5. The van der Waals surface area contributed by atoms with Crippen molar-refractivity contribution in [3.8, 4) is 6.07 Å². The number of nitrogens with zero attached hydrogens (tertiary/aromatic N) is 2. The molecule has 106 valence electrons. The number of rotatable bonds is 5. The van der Waals surface area contributed by atoms with E-state index >= 15 is 0 Å². The fraction of sp³-hybridized carbons (Fsp3) is 0.462. The molecule has 20 heavy (non-hydrogen) atoms. The molecule has 2 heterocycles. The maximum Gasteiger partial charge on any atom is 0.251 e. The van der Waals surface area contributed by atoms with Gasteiger partial charge in [0.1, 0.15) is 17.0 Å². The molecular formula is C13H14BrN3O3. The van der Waals surface area contributed by atoms with Crippen molar-refractivity contribution in [3.05, 3.63) is 22.3 Å². The lowest BCUT2D eigenvalue weighted by atomic mass is 10.2. The Bertz CT molecular complexity index is 524. The summed E-state index contributed by atoms with van der Waals surface area (Å²) in [6, 6.07) is 5.07. The quantitative estimate of drug-likeness (QED) is 0.827. The summed E-state index contributed by atoms with van der Waals surface area (Å²) in [6.45, 7) is 1.12. The second-order valence-corrected chi connectivity index (χ2v) is 5.19. The fourth-order valence-corrected chi connectivity index (χ4v) is 2.30. The molecule has 1 fully saturated rings. The van der Waals surface area contributed by atoms with Gasteiger partial charge in [-0.15, -0.1) is 0 Å². The van der Waals surface area contributed by atoms with Gasteiger partial charge in [-0.05, 0) is 40.9 Å². The van der Waals surface area contributed by atoms with E-state index in [0.29, 0.717) is 22.6 Å². The Kier molecular flexibility index (Phi) is 5.47. The van der Waals surface area contributed by atoms with Crippen LogP contribution < -0.4 is 5.32 Å². The molecule has 0 aliphatic carbocycles. The number of halogens is 1. The summed E-state index contributed by atoms with van der Waals surface area (Å²) in [7, 11) is 0. The zero-order chi connectivity index (χ0) is 14.4. The SMILES string of the molecule is N#Cc1cc(Br)nc(NC(=O)COCC2CCCO2)c1. The van der Waals surface area contributed by atoms with Crippen molar-refractivity contribution in [1.29, 1.82) is 5.26 Å². The first-order chi connectivity index (χ1) is 9.67. The van der Waals surface area contributed by atoms with Crippen LogP contribution in [-0.2, 0) is 14.3 Å². The predicted molar refractivity (Wildman–Crippen MR) is 75.1 cm³/mol. The van der Waals surface area contributed by atoms with E-state index in [0.717, 1.165) is 19.4 Å². The number of aromatic nitrogens is 1. The maximum absolute atomic E-state index is 11.7. The number of nitrogens with one attached hydrogen (secondary N) is 1. The second kappa shape index (κ2) is 7.33. The molecule has 1 aromatic rings. The summed E-state index contributed by atoms with van der Waals surface area (Å²) in [5, 5.41) is 11.4. The summed E-state index contributed by atoms with van der Waals surface area (Å²) < 4.78 is 11.2. The summed E-state index contributed by atoms with van der Waals surface area (Å²) in [5.41, 5.74) is 0.419. The molecule has 0 saturated carbocycles. The number of carbonyl (C=O) groups excluding carboxylic acids is 1. The number of pyridine rings is 1. The molecule has 2 rings (SSSR count). The smallest absolute Gasteiger partial charge is 0.251 e. The molecule has 1 unspecified atom stereocenters. The van der Waals surface area contributed by atoms with Gasteiger partial charge in [0.15, 0.2) is 0 Å². The van der Waals surface area contributed by atoms with Crippen LogP contribution in [-0.4, -0.2) is 36.8 Å². The van der Waals surface area contributed by atoms with Gasteiger partial charge in [-0.1, -0.05) is 0 Å². The average Bonchev–Trinajstić information content (AvgIpc) is 2.91. The molecule has 1 aliphatic heterocycles. The normalized spacial score (nSPS) is 17.7. The largest absolute Gasteiger partial charge is 0.376 e. The van der Waals surface area contributed by atoms with Gasteiger partial charge >= 0.3 is 0 Å². The Morgan fingerprint density at radius 3 is 3.20 bits per heavy atom. The number of hydrogen-bond donors (Lipinski definition) is 1. The Morgan fingerprint density at radius 1 is 1.65 bits per heavy atom. The van der Waals surface area contributed by atoms with E-state index in [4.69, 9.17) is 14.7 Å². The van der Waals surface area contributed by atoms with Crippen LogP contribution in [0.1, 0.15) is 18.4 Å². The van der Waals surface area contributed by atoms with Crippen molar-refractivity contribution >= 4 is 27.7 Å². The van der Waals surface area contributed by atoms with Gasteiger partial charge in [-0.3, -0.25) is 4.79 Å². The highest BCUT2D eigenvalue weighted by Gasteiger charge is 2.16. The fourth-order valence-electron chi connectivity index (χ4n) is 1.86. The molecular weight excluding hydrogens is 326 g/mol. The van der Waals surface area contributed by atoms with Crippen molar-refractivity contribution in [2.75, 3.05) is 25.1 Å². The van der Waals surface area contributed by atoms with Gasteiger partial charge in [0.05, 0.1) is 24.3 Å². The van der Waals surface area contributed by atoms with E-state index in [1.165, 1.54) is 6.07 Å². The number of ether oxygens (including phenoxy) is 2. The number of carbonyl (C=O) groups is 1. The highest BCUT2D eigenvalue weighted by atomic mass is 79.9. The van der Waals surface area contributed by atoms with Gasteiger partial charge in [0.25, 0.3) is 5.91 Å². The molecule has 6 nitrogen and oxygen atoms in total. The van der Waals surface area contributed by atoms with E-state index in [2.05, 4.69) is 26.2 Å². The topological polar surface area (TPSA) is 84.2 Å². The molecule has 1 saturated heterocycles. The lowest BCUT2D eigenvalue weighted by Gasteiger charge is -2.10. The van der Waals surface area contributed by atoms with Crippen LogP contribution in [0.2, 0.25) is 0 Å². The molecule has 7 heteroatoms. The average molecular weight is 340 g/mol. The zero-order valence-corrected chi connectivity index (χ0v) is 12.4. The molecule has 0 bridgehead atoms. The Hall–Kier alpha value is -1.49. The third-order valence-corrected chi connectivity index (χ3v) is 3.16. The molecule has 1 aliphatic rings. The lowest BCUT2D eigenvalue weighted by molar-refractivity contribution is -0.121. The summed E-state index contributed by atoms with van der Waals surface area (Å²) in [6.07, 6.45) is 2.11. The minimum absolute atomic E-state index is 0.0596. The van der Waals surface area contributed by atoms with Crippen LogP contribution in [0.4, 0.5) is 5.82 Å². The Balaban J connectivity index is 1.79. The van der Waals surface area contributed by atoms with Crippen molar-refractivity contribution < 1.29 is 14.3 Å². The van der Waals surface area contributed by atoms with Crippen LogP contribution in [0.3, 0.4) is 0 Å². The molecule has 1 N–H and O–H groups in total. The summed E-state index contributed by atoms with van der Waals surface area (Å²) in [4.78, 5) is 15.7.